The molecule has 1 N–H and O–H groups in total. The Morgan fingerprint density at radius 3 is 2.07 bits per heavy atom. The number of nitrogens with one attached hydrogen (secondary N) is 1. The number of ether oxygens (including phenoxy) is 2. The van der Waals surface area contributed by atoms with E-state index >= 15 is 0 Å². The predicted molar refractivity (Wildman–Crippen MR) is 110 cm³/mol. The molecular weight excluding hydrogens is 366 g/mol. The van der Waals surface area contributed by atoms with Gasteiger partial charge in [0, 0.05) is 13.0 Å². The molecule has 0 aromatic heterocycles. The molecule has 5 nitrogen and oxygen atoms in total. The van der Waals surface area contributed by atoms with Crippen LogP contribution in [0.2, 0.25) is 0 Å². The fourth-order valence-corrected chi connectivity index (χ4v) is 2.78. The van der Waals surface area contributed by atoms with Crippen molar-refractivity contribution in [3.8, 4) is 5.75 Å². The summed E-state index contributed by atoms with van der Waals surface area (Å²) in [6, 6.07) is 27.1. The van der Waals surface area contributed by atoms with Crippen molar-refractivity contribution in [2.45, 2.75) is 13.0 Å². The first-order valence-corrected chi connectivity index (χ1v) is 9.41. The van der Waals surface area contributed by atoms with Gasteiger partial charge in [0.15, 0.2) is 13.2 Å². The number of carbonyl (C=O) groups excluding carboxylic acids is 2. The van der Waals surface area contributed by atoms with Gasteiger partial charge in [-0.1, -0.05) is 78.9 Å². The molecule has 3 aromatic carbocycles. The molecule has 1 amide bonds. The fraction of sp³-hybridized carbons (Fsp3) is 0.167. The van der Waals surface area contributed by atoms with Crippen molar-refractivity contribution >= 4 is 11.9 Å². The van der Waals surface area contributed by atoms with Gasteiger partial charge in [0.1, 0.15) is 5.75 Å². The number of benzene rings is 3. The van der Waals surface area contributed by atoms with Gasteiger partial charge in [-0.2, -0.15) is 0 Å². The van der Waals surface area contributed by atoms with Crippen molar-refractivity contribution in [3.05, 3.63) is 102 Å². The van der Waals surface area contributed by atoms with Crippen molar-refractivity contribution in [1.82, 2.24) is 5.32 Å². The molecule has 3 rings (SSSR count). The van der Waals surface area contributed by atoms with Crippen LogP contribution in [0.1, 0.15) is 16.7 Å². The average molecular weight is 389 g/mol. The summed E-state index contributed by atoms with van der Waals surface area (Å²) in [4.78, 5) is 23.8. The van der Waals surface area contributed by atoms with Crippen molar-refractivity contribution in [2.75, 3.05) is 13.2 Å². The van der Waals surface area contributed by atoms with Gasteiger partial charge in [0.05, 0.1) is 0 Å². The third-order valence-corrected chi connectivity index (χ3v) is 4.25. The third kappa shape index (κ3) is 6.81. The number of hydrogen-bond donors (Lipinski definition) is 1. The van der Waals surface area contributed by atoms with E-state index in [1.54, 1.807) is 0 Å². The summed E-state index contributed by atoms with van der Waals surface area (Å²) in [6.07, 6.45) is 0.702. The summed E-state index contributed by atoms with van der Waals surface area (Å²) in [7, 11) is 0. The van der Waals surface area contributed by atoms with Crippen LogP contribution in [-0.2, 0) is 27.3 Å². The SMILES string of the molecule is O=C(COC(=O)COc1ccccc1Cc1ccccc1)NCc1ccccc1. The number of esters is 1. The van der Waals surface area contributed by atoms with Crippen molar-refractivity contribution in [1.29, 1.82) is 0 Å². The van der Waals surface area contributed by atoms with E-state index in [1.165, 1.54) is 0 Å². The summed E-state index contributed by atoms with van der Waals surface area (Å²) in [5.74, 6) is -0.317. The van der Waals surface area contributed by atoms with E-state index < -0.39 is 5.97 Å². The first-order chi connectivity index (χ1) is 14.2. The van der Waals surface area contributed by atoms with E-state index in [9.17, 15) is 9.59 Å². The van der Waals surface area contributed by atoms with E-state index in [2.05, 4.69) is 5.32 Å². The highest BCUT2D eigenvalue weighted by atomic mass is 16.6. The Hall–Kier alpha value is -3.60. The molecule has 0 saturated heterocycles. The second-order valence-corrected chi connectivity index (χ2v) is 6.48. The Balaban J connectivity index is 1.43. The second-order valence-electron chi connectivity index (χ2n) is 6.48. The summed E-state index contributed by atoms with van der Waals surface area (Å²) in [5, 5.41) is 2.71. The number of hydrogen-bond acceptors (Lipinski definition) is 4. The molecule has 0 heterocycles. The third-order valence-electron chi connectivity index (χ3n) is 4.25. The maximum absolute atomic E-state index is 11.9. The van der Waals surface area contributed by atoms with Crippen molar-refractivity contribution in [3.63, 3.8) is 0 Å². The Morgan fingerprint density at radius 2 is 1.34 bits per heavy atom. The van der Waals surface area contributed by atoms with Crippen LogP contribution in [-0.4, -0.2) is 25.1 Å². The lowest BCUT2D eigenvalue weighted by Gasteiger charge is -2.11. The normalized spacial score (nSPS) is 10.2. The van der Waals surface area contributed by atoms with E-state index in [1.807, 2.05) is 84.9 Å². The summed E-state index contributed by atoms with van der Waals surface area (Å²) in [6.45, 7) is -0.195. The Kier molecular flexibility index (Phi) is 7.41. The quantitative estimate of drug-likeness (QED) is 0.569. The minimum Gasteiger partial charge on any atom is -0.482 e. The molecule has 0 fully saturated rings. The number of para-hydroxylation sites is 1. The maximum atomic E-state index is 11.9. The predicted octanol–water partition coefficient (Wildman–Crippen LogP) is 3.52. The molecule has 0 spiro atoms. The van der Waals surface area contributed by atoms with Crippen molar-refractivity contribution in [2.24, 2.45) is 0 Å². The zero-order chi connectivity index (χ0) is 20.3. The molecule has 0 radical (unpaired) electrons. The molecule has 0 atom stereocenters. The van der Waals surface area contributed by atoms with Crippen LogP contribution in [0.3, 0.4) is 0 Å². The van der Waals surface area contributed by atoms with Gasteiger partial charge in [-0.15, -0.1) is 0 Å². The molecule has 0 aliphatic heterocycles. The monoisotopic (exact) mass is 389 g/mol. The molecule has 3 aromatic rings. The van der Waals surface area contributed by atoms with Crippen LogP contribution >= 0.6 is 0 Å². The highest BCUT2D eigenvalue weighted by Crippen LogP contribution is 2.21. The zero-order valence-electron chi connectivity index (χ0n) is 16.0. The maximum Gasteiger partial charge on any atom is 0.344 e. The van der Waals surface area contributed by atoms with E-state index in [-0.39, 0.29) is 19.1 Å². The molecular formula is C24H23NO4. The van der Waals surface area contributed by atoms with E-state index in [0.29, 0.717) is 18.7 Å². The van der Waals surface area contributed by atoms with Gasteiger partial charge in [-0.25, -0.2) is 4.79 Å². The Bertz CT molecular complexity index is 926. The van der Waals surface area contributed by atoms with Crippen LogP contribution in [0.5, 0.6) is 5.75 Å². The highest BCUT2D eigenvalue weighted by Gasteiger charge is 2.10. The van der Waals surface area contributed by atoms with Crippen molar-refractivity contribution < 1.29 is 19.1 Å². The second kappa shape index (κ2) is 10.7. The van der Waals surface area contributed by atoms with Crippen LogP contribution in [0.15, 0.2) is 84.9 Å². The Morgan fingerprint density at radius 1 is 0.724 bits per heavy atom. The van der Waals surface area contributed by atoms with Crippen LogP contribution in [0, 0.1) is 0 Å². The van der Waals surface area contributed by atoms with E-state index in [0.717, 1.165) is 16.7 Å². The molecule has 0 bridgehead atoms. The first-order valence-electron chi connectivity index (χ1n) is 9.41. The topological polar surface area (TPSA) is 64.6 Å². The molecule has 148 valence electrons. The standard InChI is InChI=1S/C24H23NO4/c26-23(25-16-20-11-5-2-6-12-20)17-29-24(27)18-28-22-14-8-7-13-21(22)15-19-9-3-1-4-10-19/h1-14H,15-18H2,(H,25,26). The zero-order valence-corrected chi connectivity index (χ0v) is 16.0. The van der Waals surface area contributed by atoms with Gasteiger partial charge in [-0.05, 0) is 22.8 Å². The number of amides is 1. The van der Waals surface area contributed by atoms with Gasteiger partial charge in [0.2, 0.25) is 0 Å². The van der Waals surface area contributed by atoms with Gasteiger partial charge >= 0.3 is 5.97 Å². The lowest BCUT2D eigenvalue weighted by atomic mass is 10.0. The first kappa shape index (κ1) is 20.1. The van der Waals surface area contributed by atoms with Gasteiger partial charge in [-0.3, -0.25) is 4.79 Å². The molecule has 0 unspecified atom stereocenters. The Labute approximate surface area is 170 Å². The average Bonchev–Trinajstić information content (AvgIpc) is 2.77. The largest absolute Gasteiger partial charge is 0.482 e. The lowest BCUT2D eigenvalue weighted by molar-refractivity contribution is -0.150. The lowest BCUT2D eigenvalue weighted by Crippen LogP contribution is -2.29. The molecule has 5 heteroatoms. The molecule has 0 aliphatic rings. The summed E-state index contributed by atoms with van der Waals surface area (Å²) >= 11 is 0. The van der Waals surface area contributed by atoms with Crippen LogP contribution < -0.4 is 10.1 Å². The number of carbonyl (C=O) groups is 2. The summed E-state index contributed by atoms with van der Waals surface area (Å²) in [5.41, 5.74) is 3.11. The highest BCUT2D eigenvalue weighted by molar-refractivity contribution is 5.80. The summed E-state index contributed by atoms with van der Waals surface area (Å²) < 4.78 is 10.6. The smallest absolute Gasteiger partial charge is 0.344 e. The minimum atomic E-state index is -0.589. The van der Waals surface area contributed by atoms with E-state index in [4.69, 9.17) is 9.47 Å². The van der Waals surface area contributed by atoms with Gasteiger partial charge in [0.25, 0.3) is 5.91 Å². The van der Waals surface area contributed by atoms with Gasteiger partial charge < -0.3 is 14.8 Å². The molecule has 0 saturated carbocycles. The molecule has 0 aliphatic carbocycles. The van der Waals surface area contributed by atoms with Crippen LogP contribution in [0.4, 0.5) is 0 Å². The van der Waals surface area contributed by atoms with Crippen LogP contribution in [0.25, 0.3) is 0 Å². The minimum absolute atomic E-state index is 0.252. The fourth-order valence-electron chi connectivity index (χ4n) is 2.78. The molecule has 29 heavy (non-hydrogen) atoms. The number of rotatable bonds is 9.